The molecule has 0 fully saturated rings. The van der Waals surface area contributed by atoms with Crippen LogP contribution in [-0.2, 0) is 13.1 Å². The molecule has 2 N–H and O–H groups in total. The summed E-state index contributed by atoms with van der Waals surface area (Å²) in [5.74, 6) is 0.798. The number of aromatic nitrogens is 1. The Kier molecular flexibility index (Phi) is 6.52. The van der Waals surface area contributed by atoms with Crippen molar-refractivity contribution in [3.05, 3.63) is 106 Å². The van der Waals surface area contributed by atoms with E-state index in [1.54, 1.807) is 7.11 Å². The lowest BCUT2D eigenvalue weighted by Gasteiger charge is -2.26. The molecule has 0 radical (unpaired) electrons. The van der Waals surface area contributed by atoms with Crippen LogP contribution in [0.1, 0.15) is 16.7 Å². The number of nitrogens with zero attached hydrogens (tertiary/aromatic N) is 1. The fraction of sp³-hybridized carbons (Fsp3) is 0.154. The molecule has 0 bridgehead atoms. The molecule has 162 valence electrons. The molecule has 0 saturated heterocycles. The SMILES string of the molecule is COc1ccc(CN(Cc2cc3cc(C)ccc3[nH]c2=O)C(=S)Nc2ccccc2)cc1. The van der Waals surface area contributed by atoms with Gasteiger partial charge < -0.3 is 19.9 Å². The molecule has 1 heterocycles. The molecule has 0 aliphatic carbocycles. The molecule has 0 unspecified atom stereocenters. The van der Waals surface area contributed by atoms with E-state index in [9.17, 15) is 4.79 Å². The second-order valence-corrected chi connectivity index (χ2v) is 8.10. The first-order valence-corrected chi connectivity index (χ1v) is 10.8. The Balaban J connectivity index is 1.64. The maximum Gasteiger partial charge on any atom is 0.253 e. The van der Waals surface area contributed by atoms with Crippen LogP contribution in [0, 0.1) is 6.92 Å². The van der Waals surface area contributed by atoms with Gasteiger partial charge in [0.05, 0.1) is 13.7 Å². The first kappa shape index (κ1) is 21.6. The molecule has 5 nitrogen and oxygen atoms in total. The highest BCUT2D eigenvalue weighted by Gasteiger charge is 2.15. The van der Waals surface area contributed by atoms with Gasteiger partial charge in [0, 0.05) is 23.3 Å². The number of pyridine rings is 1. The predicted molar refractivity (Wildman–Crippen MR) is 134 cm³/mol. The van der Waals surface area contributed by atoms with Gasteiger partial charge in [-0.1, -0.05) is 42.0 Å². The summed E-state index contributed by atoms with van der Waals surface area (Å²) in [7, 11) is 1.65. The third kappa shape index (κ3) is 5.15. The van der Waals surface area contributed by atoms with Gasteiger partial charge in [-0.15, -0.1) is 0 Å². The number of hydrogen-bond donors (Lipinski definition) is 2. The van der Waals surface area contributed by atoms with Crippen molar-refractivity contribution in [1.29, 1.82) is 0 Å². The zero-order valence-corrected chi connectivity index (χ0v) is 18.9. The van der Waals surface area contributed by atoms with Crippen molar-refractivity contribution in [2.45, 2.75) is 20.0 Å². The number of para-hydroxylation sites is 1. The number of aryl methyl sites for hydroxylation is 1. The lowest BCUT2D eigenvalue weighted by molar-refractivity contribution is 0.406. The minimum Gasteiger partial charge on any atom is -0.497 e. The third-order valence-corrected chi connectivity index (χ3v) is 5.64. The fourth-order valence-corrected chi connectivity index (χ4v) is 3.82. The van der Waals surface area contributed by atoms with Crippen molar-refractivity contribution in [3.63, 3.8) is 0 Å². The van der Waals surface area contributed by atoms with E-state index in [1.165, 1.54) is 0 Å². The fourth-order valence-electron chi connectivity index (χ4n) is 3.57. The Hall–Kier alpha value is -3.64. The van der Waals surface area contributed by atoms with Gasteiger partial charge in [0.1, 0.15) is 5.75 Å². The van der Waals surface area contributed by atoms with Crippen LogP contribution in [0.5, 0.6) is 5.75 Å². The van der Waals surface area contributed by atoms with Crippen LogP contribution in [0.3, 0.4) is 0 Å². The second-order valence-electron chi connectivity index (χ2n) is 7.71. The van der Waals surface area contributed by atoms with Gasteiger partial charge in [-0.3, -0.25) is 4.79 Å². The van der Waals surface area contributed by atoms with E-state index in [-0.39, 0.29) is 5.56 Å². The van der Waals surface area contributed by atoms with Crippen LogP contribution in [0.4, 0.5) is 5.69 Å². The second kappa shape index (κ2) is 9.66. The zero-order valence-electron chi connectivity index (χ0n) is 18.1. The summed E-state index contributed by atoms with van der Waals surface area (Å²) in [4.78, 5) is 17.8. The molecule has 0 aliphatic heterocycles. The Labute approximate surface area is 192 Å². The lowest BCUT2D eigenvalue weighted by atomic mass is 10.1. The van der Waals surface area contributed by atoms with Crippen LogP contribution in [0.2, 0.25) is 0 Å². The molecule has 4 rings (SSSR count). The van der Waals surface area contributed by atoms with Crippen LogP contribution in [0.15, 0.2) is 83.7 Å². The molecule has 0 amide bonds. The number of methoxy groups -OCH3 is 1. The van der Waals surface area contributed by atoms with Crippen LogP contribution in [0.25, 0.3) is 10.9 Å². The van der Waals surface area contributed by atoms with E-state index in [1.807, 2.05) is 84.6 Å². The first-order chi connectivity index (χ1) is 15.5. The smallest absolute Gasteiger partial charge is 0.253 e. The van der Waals surface area contributed by atoms with Gasteiger partial charge in [-0.25, -0.2) is 0 Å². The van der Waals surface area contributed by atoms with Crippen LogP contribution in [-0.4, -0.2) is 22.1 Å². The standard InChI is InChI=1S/C26H25N3O2S/c1-18-8-13-24-20(14-18)15-21(25(30)28-24)17-29(16-19-9-11-23(31-2)12-10-19)26(32)27-22-6-4-3-5-7-22/h3-15H,16-17H2,1-2H3,(H,27,32)(H,28,30). The number of rotatable bonds is 6. The minimum absolute atomic E-state index is 0.108. The van der Waals surface area contributed by atoms with E-state index in [0.717, 1.165) is 33.5 Å². The molecule has 0 spiro atoms. The number of aromatic amines is 1. The number of hydrogen-bond acceptors (Lipinski definition) is 3. The minimum atomic E-state index is -0.108. The highest BCUT2D eigenvalue weighted by molar-refractivity contribution is 7.80. The number of fused-ring (bicyclic) bond motifs is 1. The molecule has 0 aliphatic rings. The van der Waals surface area contributed by atoms with Gasteiger partial charge in [0.25, 0.3) is 5.56 Å². The molecule has 0 saturated carbocycles. The molecular formula is C26H25N3O2S. The van der Waals surface area contributed by atoms with Crippen LogP contribution >= 0.6 is 12.2 Å². The van der Waals surface area contributed by atoms with E-state index in [2.05, 4.69) is 16.4 Å². The molecule has 3 aromatic carbocycles. The Bertz CT molecular complexity index is 1280. The van der Waals surface area contributed by atoms with Crippen molar-refractivity contribution in [3.8, 4) is 5.75 Å². The number of nitrogens with one attached hydrogen (secondary N) is 2. The summed E-state index contributed by atoms with van der Waals surface area (Å²) in [6, 6.07) is 25.6. The molecule has 32 heavy (non-hydrogen) atoms. The van der Waals surface area contributed by atoms with Crippen molar-refractivity contribution in [2.24, 2.45) is 0 Å². The normalized spacial score (nSPS) is 10.7. The molecular weight excluding hydrogens is 418 g/mol. The maximum atomic E-state index is 12.8. The molecule has 1 aromatic heterocycles. The quantitative estimate of drug-likeness (QED) is 0.399. The number of anilines is 1. The van der Waals surface area contributed by atoms with Crippen molar-refractivity contribution >= 4 is 33.9 Å². The number of H-pyrrole nitrogens is 1. The average molecular weight is 444 g/mol. The summed E-state index contributed by atoms with van der Waals surface area (Å²) >= 11 is 5.74. The van der Waals surface area contributed by atoms with Gasteiger partial charge in [0.2, 0.25) is 0 Å². The van der Waals surface area contributed by atoms with E-state index < -0.39 is 0 Å². The maximum absolute atomic E-state index is 12.8. The third-order valence-electron chi connectivity index (χ3n) is 5.28. The summed E-state index contributed by atoms with van der Waals surface area (Å²) in [6.45, 7) is 2.97. The van der Waals surface area contributed by atoms with Gasteiger partial charge >= 0.3 is 0 Å². The zero-order chi connectivity index (χ0) is 22.5. The van der Waals surface area contributed by atoms with Crippen molar-refractivity contribution in [1.82, 2.24) is 9.88 Å². The Morgan fingerprint density at radius 3 is 2.47 bits per heavy atom. The lowest BCUT2D eigenvalue weighted by Crippen LogP contribution is -2.35. The average Bonchev–Trinajstić information content (AvgIpc) is 2.80. The summed E-state index contributed by atoms with van der Waals surface area (Å²) in [6.07, 6.45) is 0. The van der Waals surface area contributed by atoms with E-state index in [0.29, 0.717) is 23.8 Å². The Morgan fingerprint density at radius 2 is 1.75 bits per heavy atom. The monoisotopic (exact) mass is 443 g/mol. The first-order valence-electron chi connectivity index (χ1n) is 10.4. The summed E-state index contributed by atoms with van der Waals surface area (Å²) < 4.78 is 5.27. The molecule has 0 atom stereocenters. The largest absolute Gasteiger partial charge is 0.497 e. The number of thiocarbonyl (C=S) groups is 1. The van der Waals surface area contributed by atoms with Gasteiger partial charge in [-0.2, -0.15) is 0 Å². The summed E-state index contributed by atoms with van der Waals surface area (Å²) in [5, 5.41) is 4.85. The molecule has 4 aromatic rings. The highest BCUT2D eigenvalue weighted by Crippen LogP contribution is 2.18. The Morgan fingerprint density at radius 1 is 1.00 bits per heavy atom. The summed E-state index contributed by atoms with van der Waals surface area (Å²) in [5.41, 5.74) is 4.50. The highest BCUT2D eigenvalue weighted by atomic mass is 32.1. The van der Waals surface area contributed by atoms with Crippen molar-refractivity contribution < 1.29 is 4.74 Å². The predicted octanol–water partition coefficient (Wildman–Crippen LogP) is 5.24. The number of benzene rings is 3. The number of ether oxygens (including phenoxy) is 1. The van der Waals surface area contributed by atoms with E-state index >= 15 is 0 Å². The van der Waals surface area contributed by atoms with Gasteiger partial charge in [0.15, 0.2) is 5.11 Å². The van der Waals surface area contributed by atoms with Crippen LogP contribution < -0.4 is 15.6 Å². The van der Waals surface area contributed by atoms with Gasteiger partial charge in [-0.05, 0) is 72.6 Å². The molecule has 6 heteroatoms. The topological polar surface area (TPSA) is 57.4 Å². The van der Waals surface area contributed by atoms with Crippen molar-refractivity contribution in [2.75, 3.05) is 12.4 Å². The van der Waals surface area contributed by atoms with E-state index in [4.69, 9.17) is 17.0 Å².